The van der Waals surface area contributed by atoms with E-state index in [1.54, 1.807) is 0 Å². The van der Waals surface area contributed by atoms with Crippen molar-refractivity contribution in [1.82, 2.24) is 4.90 Å². The summed E-state index contributed by atoms with van der Waals surface area (Å²) in [5.74, 6) is -0.0931. The molecule has 0 saturated carbocycles. The maximum Gasteiger partial charge on any atom is 0.305 e. The van der Waals surface area contributed by atoms with E-state index in [0.717, 1.165) is 25.9 Å². The Hall–Kier alpha value is -0.650. The summed E-state index contributed by atoms with van der Waals surface area (Å²) in [5.41, 5.74) is 0. The van der Waals surface area contributed by atoms with Gasteiger partial charge in [-0.15, -0.1) is 0 Å². The summed E-state index contributed by atoms with van der Waals surface area (Å²) in [4.78, 5) is 13.7. The van der Waals surface area contributed by atoms with E-state index in [2.05, 4.69) is 4.90 Å². The van der Waals surface area contributed by atoms with Crippen LogP contribution in [0.25, 0.3) is 0 Å². The first-order valence-electron chi connectivity index (χ1n) is 7.44. The van der Waals surface area contributed by atoms with Gasteiger partial charge in [-0.2, -0.15) is 0 Å². The van der Waals surface area contributed by atoms with E-state index in [-0.39, 0.29) is 12.3 Å². The van der Waals surface area contributed by atoms with Crippen LogP contribution in [0.4, 0.5) is 0 Å². The smallest absolute Gasteiger partial charge is 0.305 e. The average molecular weight is 271 g/mol. The van der Waals surface area contributed by atoms with Crippen LogP contribution in [0.2, 0.25) is 0 Å². The van der Waals surface area contributed by atoms with Crippen molar-refractivity contribution in [2.75, 3.05) is 32.9 Å². The number of nitrogens with zero attached hydrogens (tertiary/aromatic N) is 1. The highest BCUT2D eigenvalue weighted by Crippen LogP contribution is 2.24. The van der Waals surface area contributed by atoms with Gasteiger partial charge in [0.25, 0.3) is 0 Å². The van der Waals surface area contributed by atoms with Gasteiger partial charge in [0.05, 0.1) is 25.9 Å². The van der Waals surface area contributed by atoms with Crippen molar-refractivity contribution in [3.63, 3.8) is 0 Å². The molecule has 0 radical (unpaired) electrons. The standard InChI is InChI=1S/C14H25NO4/c1-2-17-13(16)7-5-9-15-8-4-3-6-12(15)14-18-10-11-19-14/h12,14H,2-11H2,1H3. The molecule has 0 aliphatic carbocycles. The molecule has 110 valence electrons. The van der Waals surface area contributed by atoms with E-state index in [4.69, 9.17) is 14.2 Å². The number of carbonyl (C=O) groups is 1. The maximum atomic E-state index is 11.3. The maximum absolute atomic E-state index is 11.3. The first kappa shape index (κ1) is 14.8. The third kappa shape index (κ3) is 4.44. The van der Waals surface area contributed by atoms with Crippen LogP contribution < -0.4 is 0 Å². The molecule has 2 aliphatic heterocycles. The number of likely N-dealkylation sites (tertiary alicyclic amines) is 1. The largest absolute Gasteiger partial charge is 0.466 e. The van der Waals surface area contributed by atoms with E-state index in [9.17, 15) is 4.79 Å². The second-order valence-electron chi connectivity index (χ2n) is 5.12. The van der Waals surface area contributed by atoms with Gasteiger partial charge < -0.3 is 14.2 Å². The Kier molecular flexibility index (Phi) is 6.07. The van der Waals surface area contributed by atoms with E-state index in [1.165, 1.54) is 12.8 Å². The van der Waals surface area contributed by atoms with Gasteiger partial charge in [-0.05, 0) is 39.3 Å². The first-order valence-corrected chi connectivity index (χ1v) is 7.44. The van der Waals surface area contributed by atoms with Crippen LogP contribution in [0.15, 0.2) is 0 Å². The molecule has 0 N–H and O–H groups in total. The molecule has 1 unspecified atom stereocenters. The lowest BCUT2D eigenvalue weighted by atomic mass is 10.0. The Morgan fingerprint density at radius 3 is 2.84 bits per heavy atom. The highest BCUT2D eigenvalue weighted by Gasteiger charge is 2.33. The van der Waals surface area contributed by atoms with Crippen LogP contribution in [-0.4, -0.2) is 56.1 Å². The van der Waals surface area contributed by atoms with Gasteiger partial charge in [-0.3, -0.25) is 9.69 Å². The summed E-state index contributed by atoms with van der Waals surface area (Å²) < 4.78 is 16.2. The average Bonchev–Trinajstić information content (AvgIpc) is 2.93. The summed E-state index contributed by atoms with van der Waals surface area (Å²) >= 11 is 0. The second kappa shape index (κ2) is 7.82. The molecule has 0 bridgehead atoms. The summed E-state index contributed by atoms with van der Waals surface area (Å²) in [7, 11) is 0. The van der Waals surface area contributed by atoms with Gasteiger partial charge in [0.2, 0.25) is 0 Å². The van der Waals surface area contributed by atoms with Crippen molar-refractivity contribution in [3.05, 3.63) is 0 Å². The van der Waals surface area contributed by atoms with Gasteiger partial charge in [-0.25, -0.2) is 0 Å². The Morgan fingerprint density at radius 2 is 2.11 bits per heavy atom. The van der Waals surface area contributed by atoms with Crippen molar-refractivity contribution in [2.24, 2.45) is 0 Å². The number of carbonyl (C=O) groups excluding carboxylic acids is 1. The minimum absolute atomic E-state index is 0.0668. The van der Waals surface area contributed by atoms with Crippen molar-refractivity contribution < 1.29 is 19.0 Å². The van der Waals surface area contributed by atoms with Gasteiger partial charge in [0.1, 0.15) is 0 Å². The molecule has 0 aromatic carbocycles. The van der Waals surface area contributed by atoms with Gasteiger partial charge in [-0.1, -0.05) is 6.42 Å². The highest BCUT2D eigenvalue weighted by atomic mass is 16.7. The zero-order valence-electron chi connectivity index (χ0n) is 11.8. The zero-order chi connectivity index (χ0) is 13.5. The molecule has 5 nitrogen and oxygen atoms in total. The van der Waals surface area contributed by atoms with Crippen LogP contribution in [0, 0.1) is 0 Å². The number of esters is 1. The number of piperidine rings is 1. The SMILES string of the molecule is CCOC(=O)CCCN1CCCCC1C1OCCO1. The minimum Gasteiger partial charge on any atom is -0.466 e. The topological polar surface area (TPSA) is 48.0 Å². The fourth-order valence-electron chi connectivity index (χ4n) is 2.86. The van der Waals surface area contributed by atoms with Gasteiger partial charge >= 0.3 is 5.97 Å². The normalized spacial score (nSPS) is 25.6. The molecular formula is C14H25NO4. The summed E-state index contributed by atoms with van der Waals surface area (Å²) in [6.07, 6.45) is 4.88. The molecule has 2 saturated heterocycles. The number of ether oxygens (including phenoxy) is 3. The third-order valence-corrected chi connectivity index (χ3v) is 3.76. The summed E-state index contributed by atoms with van der Waals surface area (Å²) in [6, 6.07) is 0.360. The monoisotopic (exact) mass is 271 g/mol. The zero-order valence-corrected chi connectivity index (χ0v) is 11.8. The lowest BCUT2D eigenvalue weighted by Gasteiger charge is -2.37. The van der Waals surface area contributed by atoms with Crippen LogP contribution in [0.3, 0.4) is 0 Å². The number of hydrogen-bond donors (Lipinski definition) is 0. The molecule has 2 fully saturated rings. The van der Waals surface area contributed by atoms with Crippen molar-refractivity contribution >= 4 is 5.97 Å². The molecule has 0 amide bonds. The van der Waals surface area contributed by atoms with Crippen LogP contribution in [0.1, 0.15) is 39.0 Å². The highest BCUT2D eigenvalue weighted by molar-refractivity contribution is 5.69. The molecule has 0 aromatic heterocycles. The summed E-state index contributed by atoms with van der Waals surface area (Å²) in [5, 5.41) is 0. The summed E-state index contributed by atoms with van der Waals surface area (Å²) in [6.45, 7) is 5.72. The van der Waals surface area contributed by atoms with Gasteiger partial charge in [0, 0.05) is 6.42 Å². The molecule has 2 heterocycles. The van der Waals surface area contributed by atoms with Gasteiger partial charge in [0.15, 0.2) is 6.29 Å². The van der Waals surface area contributed by atoms with E-state index in [0.29, 0.717) is 32.3 Å². The van der Waals surface area contributed by atoms with E-state index < -0.39 is 0 Å². The molecule has 0 aromatic rings. The van der Waals surface area contributed by atoms with E-state index in [1.807, 2.05) is 6.92 Å². The molecule has 2 rings (SSSR count). The van der Waals surface area contributed by atoms with Crippen LogP contribution in [-0.2, 0) is 19.0 Å². The molecule has 2 aliphatic rings. The van der Waals surface area contributed by atoms with Crippen molar-refractivity contribution in [1.29, 1.82) is 0 Å². The molecule has 19 heavy (non-hydrogen) atoms. The second-order valence-corrected chi connectivity index (χ2v) is 5.12. The molecule has 1 atom stereocenters. The Morgan fingerprint density at radius 1 is 1.32 bits per heavy atom. The predicted octanol–water partition coefficient (Wildman–Crippen LogP) is 1.56. The number of rotatable bonds is 6. The van der Waals surface area contributed by atoms with Crippen molar-refractivity contribution in [2.45, 2.75) is 51.4 Å². The quantitative estimate of drug-likeness (QED) is 0.686. The molecule has 5 heteroatoms. The lowest BCUT2D eigenvalue weighted by Crippen LogP contribution is -2.47. The first-order chi connectivity index (χ1) is 9.31. The minimum atomic E-state index is -0.0931. The van der Waals surface area contributed by atoms with Crippen LogP contribution >= 0.6 is 0 Å². The Bertz CT molecular complexity index is 279. The van der Waals surface area contributed by atoms with Crippen molar-refractivity contribution in [3.8, 4) is 0 Å². The van der Waals surface area contributed by atoms with E-state index >= 15 is 0 Å². The Labute approximate surface area is 115 Å². The Balaban J connectivity index is 1.74. The molecular weight excluding hydrogens is 246 g/mol. The lowest BCUT2D eigenvalue weighted by molar-refractivity contribution is -0.143. The predicted molar refractivity (Wildman–Crippen MR) is 70.8 cm³/mol. The fraction of sp³-hybridized carbons (Fsp3) is 0.929. The third-order valence-electron chi connectivity index (χ3n) is 3.76. The van der Waals surface area contributed by atoms with Crippen LogP contribution in [0.5, 0.6) is 0 Å². The fourth-order valence-corrected chi connectivity index (χ4v) is 2.86. The number of hydrogen-bond acceptors (Lipinski definition) is 5. The molecule has 0 spiro atoms.